The number of para-hydroxylation sites is 1. The number of carbonyl (C=O) groups excluding carboxylic acids is 4. The fourth-order valence-corrected chi connectivity index (χ4v) is 2.34. The molecule has 2 aromatic rings. The SMILES string of the molecule is O=C1OC(=O)Oc2cc(-c3cccc4c3OC(=O)OC(=O)O4)ccc2O1. The van der Waals surface area contributed by atoms with Gasteiger partial charge in [0.15, 0.2) is 23.0 Å². The van der Waals surface area contributed by atoms with Crippen LogP contribution in [-0.2, 0) is 9.47 Å². The molecule has 10 heteroatoms. The molecule has 2 aromatic carbocycles. The first kappa shape index (κ1) is 15.4. The van der Waals surface area contributed by atoms with Crippen molar-refractivity contribution in [3.63, 3.8) is 0 Å². The highest BCUT2D eigenvalue weighted by atomic mass is 16.8. The zero-order valence-corrected chi connectivity index (χ0v) is 12.5. The van der Waals surface area contributed by atoms with Crippen LogP contribution in [0.2, 0.25) is 0 Å². The van der Waals surface area contributed by atoms with Crippen LogP contribution in [0.25, 0.3) is 11.1 Å². The fraction of sp³-hybridized carbons (Fsp3) is 0. The maximum absolute atomic E-state index is 11.5. The highest BCUT2D eigenvalue weighted by Crippen LogP contribution is 2.42. The molecule has 0 radical (unpaired) electrons. The van der Waals surface area contributed by atoms with Crippen LogP contribution in [-0.4, -0.2) is 24.6 Å². The van der Waals surface area contributed by atoms with Crippen molar-refractivity contribution in [2.45, 2.75) is 0 Å². The quantitative estimate of drug-likeness (QED) is 0.425. The maximum Gasteiger partial charge on any atom is 0.524 e. The van der Waals surface area contributed by atoms with Gasteiger partial charge in [0.1, 0.15) is 0 Å². The van der Waals surface area contributed by atoms with Crippen LogP contribution in [0.15, 0.2) is 36.4 Å². The van der Waals surface area contributed by atoms with Gasteiger partial charge in [-0.15, -0.1) is 0 Å². The molecule has 26 heavy (non-hydrogen) atoms. The zero-order valence-electron chi connectivity index (χ0n) is 12.5. The first-order valence-corrected chi connectivity index (χ1v) is 7.00. The second kappa shape index (κ2) is 5.77. The molecule has 2 heterocycles. The van der Waals surface area contributed by atoms with Crippen LogP contribution >= 0.6 is 0 Å². The molecule has 0 saturated heterocycles. The molecule has 0 saturated carbocycles. The Morgan fingerprint density at radius 1 is 0.538 bits per heavy atom. The van der Waals surface area contributed by atoms with Crippen molar-refractivity contribution in [2.24, 2.45) is 0 Å². The highest BCUT2D eigenvalue weighted by Gasteiger charge is 2.28. The number of ether oxygens (including phenoxy) is 6. The first-order valence-electron chi connectivity index (χ1n) is 7.00. The summed E-state index contributed by atoms with van der Waals surface area (Å²) in [7, 11) is 0. The molecule has 0 bridgehead atoms. The smallest absolute Gasteiger partial charge is 0.391 e. The average Bonchev–Trinajstić information content (AvgIpc) is 2.81. The summed E-state index contributed by atoms with van der Waals surface area (Å²) in [5.41, 5.74) is 0.724. The van der Waals surface area contributed by atoms with E-state index in [1.165, 1.54) is 24.3 Å². The normalized spacial score (nSPS) is 15.5. The maximum atomic E-state index is 11.5. The molecule has 0 unspecified atom stereocenters. The minimum atomic E-state index is -1.26. The second-order valence-electron chi connectivity index (χ2n) is 4.91. The lowest BCUT2D eigenvalue weighted by Crippen LogP contribution is -2.14. The molecular formula is C16H6O10. The number of rotatable bonds is 1. The second-order valence-corrected chi connectivity index (χ2v) is 4.91. The lowest BCUT2D eigenvalue weighted by Gasteiger charge is -2.11. The Balaban J connectivity index is 1.81. The van der Waals surface area contributed by atoms with E-state index >= 15 is 0 Å². The van der Waals surface area contributed by atoms with E-state index < -0.39 is 24.6 Å². The predicted octanol–water partition coefficient (Wildman–Crippen LogP) is 3.41. The minimum absolute atomic E-state index is 0.0416. The van der Waals surface area contributed by atoms with Crippen molar-refractivity contribution in [3.05, 3.63) is 36.4 Å². The number of hydrogen-bond acceptors (Lipinski definition) is 10. The van der Waals surface area contributed by atoms with Gasteiger partial charge in [-0.3, -0.25) is 0 Å². The molecule has 2 aliphatic rings. The summed E-state index contributed by atoms with van der Waals surface area (Å²) in [6.07, 6.45) is -4.98. The van der Waals surface area contributed by atoms with Crippen LogP contribution in [0.3, 0.4) is 0 Å². The van der Waals surface area contributed by atoms with E-state index in [9.17, 15) is 19.2 Å². The van der Waals surface area contributed by atoms with Crippen LogP contribution < -0.4 is 18.9 Å². The minimum Gasteiger partial charge on any atom is -0.391 e. The molecule has 0 spiro atoms. The monoisotopic (exact) mass is 358 g/mol. The zero-order chi connectivity index (χ0) is 18.3. The summed E-state index contributed by atoms with van der Waals surface area (Å²) in [6.45, 7) is 0. The van der Waals surface area contributed by atoms with Crippen molar-refractivity contribution in [1.29, 1.82) is 0 Å². The van der Waals surface area contributed by atoms with Crippen molar-refractivity contribution in [1.82, 2.24) is 0 Å². The number of cyclic esters (lactones) is 4. The van der Waals surface area contributed by atoms with Crippen LogP contribution in [0.4, 0.5) is 19.2 Å². The molecule has 0 aliphatic carbocycles. The Labute approximate surface area is 143 Å². The molecule has 4 rings (SSSR count). The topological polar surface area (TPSA) is 124 Å². The predicted molar refractivity (Wildman–Crippen MR) is 78.1 cm³/mol. The summed E-state index contributed by atoms with van der Waals surface area (Å²) >= 11 is 0. The molecule has 0 amide bonds. The fourth-order valence-electron chi connectivity index (χ4n) is 2.34. The molecule has 0 N–H and O–H groups in total. The summed E-state index contributed by atoms with van der Waals surface area (Å²) in [5.74, 6) is -0.251. The molecular weight excluding hydrogens is 352 g/mol. The summed E-state index contributed by atoms with van der Waals surface area (Å²) in [6, 6.07) is 8.71. The van der Waals surface area contributed by atoms with Crippen molar-refractivity contribution in [3.8, 4) is 34.1 Å². The largest absolute Gasteiger partial charge is 0.524 e. The molecule has 2 aliphatic heterocycles. The standard InChI is InChI=1S/C16H6O10/c17-13-21-9-5-4-7(6-11(9)23-15(19)25-13)8-2-1-3-10-12(8)24-16(20)26-14(18)22-10/h1-6H. The summed E-state index contributed by atoms with van der Waals surface area (Å²) in [4.78, 5) is 45.5. The Kier molecular flexibility index (Phi) is 3.43. The molecule has 130 valence electrons. The summed E-state index contributed by atoms with van der Waals surface area (Å²) in [5, 5.41) is 0. The van der Waals surface area contributed by atoms with E-state index in [1.807, 2.05) is 0 Å². The van der Waals surface area contributed by atoms with Gasteiger partial charge < -0.3 is 28.4 Å². The lowest BCUT2D eigenvalue weighted by atomic mass is 10.0. The third-order valence-corrected chi connectivity index (χ3v) is 3.33. The summed E-state index contributed by atoms with van der Waals surface area (Å²) < 4.78 is 28.0. The third-order valence-electron chi connectivity index (χ3n) is 3.33. The third kappa shape index (κ3) is 2.75. The van der Waals surface area contributed by atoms with Gasteiger partial charge in [-0.2, -0.15) is 0 Å². The first-order chi connectivity index (χ1) is 12.5. The van der Waals surface area contributed by atoms with E-state index in [4.69, 9.17) is 18.9 Å². The van der Waals surface area contributed by atoms with E-state index in [1.54, 1.807) is 12.1 Å². The Bertz CT molecular complexity index is 977. The lowest BCUT2D eigenvalue weighted by molar-refractivity contribution is 0.0976. The van der Waals surface area contributed by atoms with Gasteiger partial charge in [0.2, 0.25) is 0 Å². The van der Waals surface area contributed by atoms with E-state index in [0.29, 0.717) is 11.1 Å². The van der Waals surface area contributed by atoms with Crippen molar-refractivity contribution in [2.75, 3.05) is 0 Å². The van der Waals surface area contributed by atoms with E-state index in [-0.39, 0.29) is 23.0 Å². The Hall–Kier alpha value is -4.08. The molecule has 0 aromatic heterocycles. The number of hydrogen-bond donors (Lipinski definition) is 0. The van der Waals surface area contributed by atoms with Gasteiger partial charge >= 0.3 is 24.6 Å². The number of fused-ring (bicyclic) bond motifs is 2. The van der Waals surface area contributed by atoms with Gasteiger partial charge in [0.25, 0.3) is 0 Å². The molecule has 0 atom stereocenters. The Morgan fingerprint density at radius 2 is 1.15 bits per heavy atom. The van der Waals surface area contributed by atoms with Crippen molar-refractivity contribution < 1.29 is 47.6 Å². The highest BCUT2D eigenvalue weighted by molar-refractivity contribution is 5.88. The van der Waals surface area contributed by atoms with Crippen LogP contribution in [0.1, 0.15) is 0 Å². The van der Waals surface area contributed by atoms with Gasteiger partial charge in [0, 0.05) is 5.56 Å². The van der Waals surface area contributed by atoms with E-state index in [2.05, 4.69) is 9.47 Å². The van der Waals surface area contributed by atoms with Crippen LogP contribution in [0.5, 0.6) is 23.0 Å². The molecule has 10 nitrogen and oxygen atoms in total. The van der Waals surface area contributed by atoms with Gasteiger partial charge in [0.05, 0.1) is 0 Å². The van der Waals surface area contributed by atoms with Gasteiger partial charge in [-0.05, 0) is 23.8 Å². The Morgan fingerprint density at radius 3 is 1.88 bits per heavy atom. The molecule has 0 fully saturated rings. The van der Waals surface area contributed by atoms with Crippen LogP contribution in [0, 0.1) is 0 Å². The number of benzene rings is 2. The van der Waals surface area contributed by atoms with E-state index in [0.717, 1.165) is 0 Å². The van der Waals surface area contributed by atoms with Gasteiger partial charge in [-0.1, -0.05) is 18.2 Å². The van der Waals surface area contributed by atoms with Gasteiger partial charge in [-0.25, -0.2) is 19.2 Å². The average molecular weight is 358 g/mol. The number of carbonyl (C=O) groups is 4. The van der Waals surface area contributed by atoms with Crippen molar-refractivity contribution >= 4 is 24.6 Å².